The van der Waals surface area contributed by atoms with Crippen molar-refractivity contribution in [1.29, 1.82) is 0 Å². The van der Waals surface area contributed by atoms with Gasteiger partial charge >= 0.3 is 0 Å². The van der Waals surface area contributed by atoms with Gasteiger partial charge < -0.3 is 4.34 Å². The SMILES string of the molecule is CC/C(=N\N([Si](C)(C)C)[Si](C)(C)C)C(C)=O. The zero-order valence-electron chi connectivity index (χ0n) is 12.0. The topological polar surface area (TPSA) is 32.7 Å². The zero-order chi connectivity index (χ0) is 13.1. The van der Waals surface area contributed by atoms with E-state index in [9.17, 15) is 4.79 Å². The van der Waals surface area contributed by atoms with Gasteiger partial charge in [0.2, 0.25) is 0 Å². The summed E-state index contributed by atoms with van der Waals surface area (Å²) in [6, 6.07) is 0. The van der Waals surface area contributed by atoms with Crippen LogP contribution in [0.15, 0.2) is 5.10 Å². The highest BCUT2D eigenvalue weighted by Crippen LogP contribution is 2.20. The molecule has 0 rings (SSSR count). The Morgan fingerprint density at radius 2 is 1.44 bits per heavy atom. The molecule has 0 aromatic heterocycles. The third kappa shape index (κ3) is 4.61. The van der Waals surface area contributed by atoms with Crippen molar-refractivity contribution in [3.05, 3.63) is 0 Å². The second kappa shape index (κ2) is 5.27. The number of hydrazone groups is 1. The smallest absolute Gasteiger partial charge is 0.175 e. The summed E-state index contributed by atoms with van der Waals surface area (Å²) in [4.78, 5) is 11.4. The first kappa shape index (κ1) is 15.6. The molecule has 5 heteroatoms. The van der Waals surface area contributed by atoms with Crippen LogP contribution >= 0.6 is 0 Å². The molecule has 0 radical (unpaired) electrons. The molecular weight excluding hydrogens is 232 g/mol. The number of hydrogen-bond donors (Lipinski definition) is 0. The second-order valence-electron chi connectivity index (χ2n) is 6.11. The second-order valence-corrected chi connectivity index (χ2v) is 16.1. The third-order valence-corrected chi connectivity index (χ3v) is 9.00. The highest BCUT2D eigenvalue weighted by molar-refractivity contribution is 6.89. The van der Waals surface area contributed by atoms with Gasteiger partial charge in [-0.05, 0) is 6.42 Å². The molecule has 94 valence electrons. The maximum atomic E-state index is 11.4. The van der Waals surface area contributed by atoms with E-state index in [1.165, 1.54) is 0 Å². The van der Waals surface area contributed by atoms with Gasteiger partial charge in [0.25, 0.3) is 0 Å². The van der Waals surface area contributed by atoms with Crippen LogP contribution in [0.3, 0.4) is 0 Å². The van der Waals surface area contributed by atoms with E-state index in [0.717, 1.165) is 6.42 Å². The van der Waals surface area contributed by atoms with E-state index in [-0.39, 0.29) is 5.78 Å². The quantitative estimate of drug-likeness (QED) is 0.430. The first-order valence-corrected chi connectivity index (χ1v) is 12.8. The van der Waals surface area contributed by atoms with Gasteiger partial charge in [0.05, 0.1) is 0 Å². The summed E-state index contributed by atoms with van der Waals surface area (Å²) >= 11 is 0. The predicted molar refractivity (Wildman–Crippen MR) is 76.9 cm³/mol. The summed E-state index contributed by atoms with van der Waals surface area (Å²) in [6.45, 7) is 17.3. The molecule has 0 N–H and O–H groups in total. The minimum absolute atomic E-state index is 0.101. The molecule has 0 unspecified atom stereocenters. The first-order valence-electron chi connectivity index (χ1n) is 5.89. The largest absolute Gasteiger partial charge is 0.349 e. The minimum Gasteiger partial charge on any atom is -0.349 e. The summed E-state index contributed by atoms with van der Waals surface area (Å²) in [5, 5.41) is 4.66. The lowest BCUT2D eigenvalue weighted by Crippen LogP contribution is -2.56. The number of hydrogen-bond acceptors (Lipinski definition) is 3. The maximum Gasteiger partial charge on any atom is 0.175 e. The lowest BCUT2D eigenvalue weighted by Gasteiger charge is -2.41. The molecule has 0 saturated heterocycles. The number of carbonyl (C=O) groups is 1. The predicted octanol–water partition coefficient (Wildman–Crippen LogP) is 3.31. The first-order chi connectivity index (χ1) is 7.00. The Balaban J connectivity index is 5.32. The molecular formula is C11H26N2OSi2. The Bertz CT molecular complexity index is 273. The lowest BCUT2D eigenvalue weighted by molar-refractivity contribution is -0.111. The number of Topliss-reactive ketones (excluding diaryl/α,β-unsaturated/α-hetero) is 1. The number of nitrogens with zero attached hydrogens (tertiary/aromatic N) is 2. The van der Waals surface area contributed by atoms with Crippen LogP contribution in [0, 0.1) is 0 Å². The highest BCUT2D eigenvalue weighted by atomic mass is 28.4. The maximum absolute atomic E-state index is 11.4. The Labute approximate surface area is 102 Å². The van der Waals surface area contributed by atoms with E-state index in [1.807, 2.05) is 6.92 Å². The molecule has 0 heterocycles. The van der Waals surface area contributed by atoms with Gasteiger partial charge in [0.15, 0.2) is 22.3 Å². The Kier molecular flexibility index (Phi) is 5.13. The van der Waals surface area contributed by atoms with Crippen LogP contribution in [0.5, 0.6) is 0 Å². The van der Waals surface area contributed by atoms with Crippen molar-refractivity contribution in [2.24, 2.45) is 5.10 Å². The van der Waals surface area contributed by atoms with Crippen LogP contribution < -0.4 is 0 Å². The Hall–Kier alpha value is -0.426. The van der Waals surface area contributed by atoms with E-state index in [2.05, 4.69) is 48.7 Å². The van der Waals surface area contributed by atoms with E-state index in [1.54, 1.807) is 6.92 Å². The van der Waals surface area contributed by atoms with Crippen LogP contribution in [0.4, 0.5) is 0 Å². The highest BCUT2D eigenvalue weighted by Gasteiger charge is 2.34. The fourth-order valence-electron chi connectivity index (χ4n) is 1.82. The average molecular weight is 259 g/mol. The Morgan fingerprint density at radius 3 is 1.62 bits per heavy atom. The molecule has 0 aliphatic heterocycles. The molecule has 0 aliphatic carbocycles. The lowest BCUT2D eigenvalue weighted by atomic mass is 10.2. The van der Waals surface area contributed by atoms with Crippen LogP contribution in [0.25, 0.3) is 0 Å². The summed E-state index contributed by atoms with van der Waals surface area (Å²) in [5.74, 6) is 0.101. The van der Waals surface area contributed by atoms with Gasteiger partial charge in [-0.2, -0.15) is 5.10 Å². The van der Waals surface area contributed by atoms with Crippen LogP contribution in [-0.4, -0.2) is 32.3 Å². The fraction of sp³-hybridized carbons (Fsp3) is 0.818. The monoisotopic (exact) mass is 258 g/mol. The van der Waals surface area contributed by atoms with Gasteiger partial charge in [-0.25, -0.2) is 0 Å². The molecule has 0 aromatic rings. The van der Waals surface area contributed by atoms with Crippen molar-refractivity contribution in [3.8, 4) is 0 Å². The standard InChI is InChI=1S/C11H26N2OSi2/c1-9-11(10(2)14)12-13(15(3,4)5)16(6,7)8/h9H2,1-8H3/b12-11+. The van der Waals surface area contributed by atoms with Crippen molar-refractivity contribution in [3.63, 3.8) is 0 Å². The molecule has 0 bridgehead atoms. The molecule has 0 aliphatic rings. The van der Waals surface area contributed by atoms with Crippen molar-refractivity contribution >= 4 is 28.0 Å². The molecule has 16 heavy (non-hydrogen) atoms. The molecule has 0 spiro atoms. The normalized spacial score (nSPS) is 13.9. The van der Waals surface area contributed by atoms with Crippen LogP contribution in [-0.2, 0) is 4.79 Å². The van der Waals surface area contributed by atoms with E-state index < -0.39 is 16.5 Å². The van der Waals surface area contributed by atoms with E-state index in [0.29, 0.717) is 5.71 Å². The molecule has 0 aromatic carbocycles. The van der Waals surface area contributed by atoms with Crippen molar-refractivity contribution < 1.29 is 4.79 Å². The Morgan fingerprint density at radius 1 is 1.06 bits per heavy atom. The molecule has 0 atom stereocenters. The van der Waals surface area contributed by atoms with Gasteiger partial charge in [-0.1, -0.05) is 46.2 Å². The number of rotatable bonds is 5. The number of ketones is 1. The van der Waals surface area contributed by atoms with Crippen LogP contribution in [0.1, 0.15) is 20.3 Å². The summed E-state index contributed by atoms with van der Waals surface area (Å²) in [6.07, 6.45) is 0.723. The molecule has 0 saturated carbocycles. The number of carbonyl (C=O) groups excluding carboxylic acids is 1. The van der Waals surface area contributed by atoms with Gasteiger partial charge in [0, 0.05) is 6.92 Å². The summed E-state index contributed by atoms with van der Waals surface area (Å²) in [5.41, 5.74) is 0.713. The summed E-state index contributed by atoms with van der Waals surface area (Å²) < 4.78 is 2.29. The van der Waals surface area contributed by atoms with Crippen molar-refractivity contribution in [2.45, 2.75) is 59.6 Å². The van der Waals surface area contributed by atoms with E-state index in [4.69, 9.17) is 0 Å². The fourth-order valence-corrected chi connectivity index (χ4v) is 10.7. The molecule has 0 amide bonds. The van der Waals surface area contributed by atoms with Crippen LogP contribution in [0.2, 0.25) is 39.3 Å². The molecule has 3 nitrogen and oxygen atoms in total. The van der Waals surface area contributed by atoms with E-state index >= 15 is 0 Å². The molecule has 0 fully saturated rings. The van der Waals surface area contributed by atoms with Crippen molar-refractivity contribution in [1.82, 2.24) is 4.34 Å². The summed E-state index contributed by atoms with van der Waals surface area (Å²) in [7, 11) is -2.98. The zero-order valence-corrected chi connectivity index (χ0v) is 14.0. The van der Waals surface area contributed by atoms with Crippen molar-refractivity contribution in [2.75, 3.05) is 0 Å². The average Bonchev–Trinajstić information content (AvgIpc) is 1.99. The van der Waals surface area contributed by atoms with Gasteiger partial charge in [-0.3, -0.25) is 4.79 Å². The third-order valence-electron chi connectivity index (χ3n) is 2.23. The van der Waals surface area contributed by atoms with Gasteiger partial charge in [-0.15, -0.1) is 0 Å². The van der Waals surface area contributed by atoms with Gasteiger partial charge in [0.1, 0.15) is 5.71 Å². The minimum atomic E-state index is -1.49.